The van der Waals surface area contributed by atoms with Crippen molar-refractivity contribution < 1.29 is 18.0 Å². The highest BCUT2D eigenvalue weighted by Gasteiger charge is 2.50. The van der Waals surface area contributed by atoms with E-state index in [9.17, 15) is 18.0 Å². The maximum Gasteiger partial charge on any atom is 0.416 e. The van der Waals surface area contributed by atoms with Crippen LogP contribution in [0.4, 0.5) is 13.2 Å². The predicted octanol–water partition coefficient (Wildman–Crippen LogP) is 7.39. The summed E-state index contributed by atoms with van der Waals surface area (Å²) in [5.74, 6) is 0.752. The Balaban J connectivity index is 1.32. The largest absolute Gasteiger partial charge is 0.416 e. The van der Waals surface area contributed by atoms with Crippen molar-refractivity contribution in [3.05, 3.63) is 68.7 Å². The van der Waals surface area contributed by atoms with Crippen molar-refractivity contribution in [1.82, 2.24) is 10.2 Å². The fraction of sp³-hybridized carbons (Fsp3) is 0.552. The topological polar surface area (TPSA) is 32.3 Å². The van der Waals surface area contributed by atoms with Crippen molar-refractivity contribution in [2.24, 2.45) is 11.3 Å². The van der Waals surface area contributed by atoms with Crippen molar-refractivity contribution in [2.75, 3.05) is 6.54 Å². The smallest absolute Gasteiger partial charge is 0.338 e. The Bertz CT molecular complexity index is 1160. The Kier molecular flexibility index (Phi) is 6.78. The summed E-state index contributed by atoms with van der Waals surface area (Å²) in [4.78, 5) is 15.8. The standard InChI is InChI=1S/C29H34BrF3N2O/c1-17(2)28(27(36)35-11-9-19-4-5-21(29(31,32)33)13-20(19)16-35)10-8-23(15-28)34-26-12-18(3)25-14-22(30)6-7-24(25)26/h4-7,13-14,17-18,23,26,34H,8-12,15-16H2,1-3H3/t18-,23+,26-,28-/m0/s1. The first-order valence-corrected chi connectivity index (χ1v) is 13.8. The SMILES string of the molecule is CC(C)[C@]1(C(=O)N2CCc3ccc(C(F)(F)F)cc3C2)CC[C@@H](N[C@H]2C[C@H](C)c3cc(Br)ccc32)C1. The highest BCUT2D eigenvalue weighted by Crippen LogP contribution is 2.48. The molecule has 1 N–H and O–H groups in total. The third-order valence-corrected chi connectivity index (χ3v) is 9.39. The Morgan fingerprint density at radius 1 is 1.14 bits per heavy atom. The molecule has 3 nitrogen and oxygen atoms in total. The lowest BCUT2D eigenvalue weighted by atomic mass is 9.73. The normalized spacial score (nSPS) is 27.9. The zero-order valence-electron chi connectivity index (χ0n) is 21.1. The summed E-state index contributed by atoms with van der Waals surface area (Å²) in [6.07, 6.45) is -0.216. The number of rotatable bonds is 4. The molecule has 2 aromatic rings. The molecule has 0 spiro atoms. The summed E-state index contributed by atoms with van der Waals surface area (Å²) >= 11 is 3.59. The molecule has 2 aromatic carbocycles. The summed E-state index contributed by atoms with van der Waals surface area (Å²) in [7, 11) is 0. The van der Waals surface area contributed by atoms with Crippen LogP contribution in [0.1, 0.15) is 86.2 Å². The second-order valence-corrected chi connectivity index (χ2v) is 12.3. The van der Waals surface area contributed by atoms with Gasteiger partial charge in [0, 0.05) is 29.6 Å². The van der Waals surface area contributed by atoms with Crippen LogP contribution in [0.15, 0.2) is 40.9 Å². The van der Waals surface area contributed by atoms with Gasteiger partial charge in [-0.2, -0.15) is 13.2 Å². The number of nitrogens with zero attached hydrogens (tertiary/aromatic N) is 1. The van der Waals surface area contributed by atoms with Gasteiger partial charge in [0.1, 0.15) is 0 Å². The number of fused-ring (bicyclic) bond motifs is 2. The molecule has 0 aromatic heterocycles. The summed E-state index contributed by atoms with van der Waals surface area (Å²) in [6.45, 7) is 7.32. The van der Waals surface area contributed by atoms with Gasteiger partial charge in [-0.15, -0.1) is 0 Å². The van der Waals surface area contributed by atoms with Crippen molar-refractivity contribution in [1.29, 1.82) is 0 Å². The molecule has 4 atom stereocenters. The summed E-state index contributed by atoms with van der Waals surface area (Å²) in [5.41, 5.74) is 3.15. The third-order valence-electron chi connectivity index (χ3n) is 8.90. The zero-order chi connectivity index (χ0) is 25.8. The maximum atomic E-state index is 14.0. The lowest BCUT2D eigenvalue weighted by molar-refractivity contribution is -0.145. The Morgan fingerprint density at radius 2 is 1.92 bits per heavy atom. The molecule has 0 radical (unpaired) electrons. The maximum absolute atomic E-state index is 14.0. The van der Waals surface area contributed by atoms with E-state index < -0.39 is 17.2 Å². The van der Waals surface area contributed by atoms with E-state index in [2.05, 4.69) is 60.2 Å². The monoisotopic (exact) mass is 562 g/mol. The number of benzene rings is 2. The minimum atomic E-state index is -4.38. The highest BCUT2D eigenvalue weighted by molar-refractivity contribution is 9.10. The lowest BCUT2D eigenvalue weighted by Crippen LogP contribution is -2.48. The van der Waals surface area contributed by atoms with Crippen LogP contribution in [0.25, 0.3) is 0 Å². The van der Waals surface area contributed by atoms with Gasteiger partial charge in [-0.05, 0) is 90.5 Å². The fourth-order valence-corrected chi connectivity index (χ4v) is 7.12. The number of hydrogen-bond acceptors (Lipinski definition) is 2. The van der Waals surface area contributed by atoms with Crippen LogP contribution in [0, 0.1) is 11.3 Å². The Hall–Kier alpha value is -1.86. The third kappa shape index (κ3) is 4.62. The Labute approximate surface area is 220 Å². The first-order chi connectivity index (χ1) is 17.0. The highest BCUT2D eigenvalue weighted by atomic mass is 79.9. The lowest BCUT2D eigenvalue weighted by Gasteiger charge is -2.40. The number of carbonyl (C=O) groups excluding carboxylic acids is 1. The van der Waals surface area contributed by atoms with Crippen LogP contribution in [0.3, 0.4) is 0 Å². The number of nitrogens with one attached hydrogen (secondary N) is 1. The van der Waals surface area contributed by atoms with Gasteiger partial charge in [-0.1, -0.05) is 48.8 Å². The first-order valence-electron chi connectivity index (χ1n) is 13.0. The molecule has 0 unspecified atom stereocenters. The zero-order valence-corrected chi connectivity index (χ0v) is 22.7. The second kappa shape index (κ2) is 9.46. The second-order valence-electron chi connectivity index (χ2n) is 11.3. The van der Waals surface area contributed by atoms with E-state index in [1.165, 1.54) is 17.2 Å². The van der Waals surface area contributed by atoms with Crippen LogP contribution in [-0.2, 0) is 23.9 Å². The van der Waals surface area contributed by atoms with Crippen LogP contribution >= 0.6 is 15.9 Å². The van der Waals surface area contributed by atoms with Crippen molar-refractivity contribution >= 4 is 21.8 Å². The molecule has 7 heteroatoms. The number of hydrogen-bond donors (Lipinski definition) is 1. The molecular formula is C29H34BrF3N2O. The van der Waals surface area contributed by atoms with Crippen LogP contribution in [0.2, 0.25) is 0 Å². The molecule has 36 heavy (non-hydrogen) atoms. The van der Waals surface area contributed by atoms with Gasteiger partial charge >= 0.3 is 6.18 Å². The number of amides is 1. The van der Waals surface area contributed by atoms with E-state index in [-0.39, 0.29) is 30.5 Å². The van der Waals surface area contributed by atoms with Gasteiger partial charge in [-0.3, -0.25) is 4.79 Å². The fourth-order valence-electron chi connectivity index (χ4n) is 6.74. The molecule has 1 saturated carbocycles. The molecule has 1 aliphatic heterocycles. The first kappa shape index (κ1) is 25.8. The van der Waals surface area contributed by atoms with E-state index >= 15 is 0 Å². The minimum Gasteiger partial charge on any atom is -0.338 e. The molecule has 1 fully saturated rings. The van der Waals surface area contributed by atoms with Crippen molar-refractivity contribution in [2.45, 2.75) is 83.6 Å². The number of halogens is 4. The van der Waals surface area contributed by atoms with Gasteiger partial charge in [-0.25, -0.2) is 0 Å². The number of alkyl halides is 3. The quantitative estimate of drug-likeness (QED) is 0.421. The molecule has 0 saturated heterocycles. The van der Waals surface area contributed by atoms with Gasteiger partial charge in [0.25, 0.3) is 0 Å². The summed E-state index contributed by atoms with van der Waals surface area (Å²) < 4.78 is 41.0. The van der Waals surface area contributed by atoms with Crippen molar-refractivity contribution in [3.8, 4) is 0 Å². The average molecular weight is 564 g/mol. The van der Waals surface area contributed by atoms with Crippen LogP contribution < -0.4 is 5.32 Å². The number of carbonyl (C=O) groups is 1. The van der Waals surface area contributed by atoms with Gasteiger partial charge in [0.2, 0.25) is 5.91 Å². The van der Waals surface area contributed by atoms with Crippen LogP contribution in [0.5, 0.6) is 0 Å². The van der Waals surface area contributed by atoms with Gasteiger partial charge in [0.15, 0.2) is 0 Å². The van der Waals surface area contributed by atoms with Gasteiger partial charge in [0.05, 0.1) is 11.0 Å². The van der Waals surface area contributed by atoms with E-state index in [1.54, 1.807) is 6.07 Å². The predicted molar refractivity (Wildman–Crippen MR) is 139 cm³/mol. The molecule has 1 heterocycles. The minimum absolute atomic E-state index is 0.106. The van der Waals surface area contributed by atoms with Crippen molar-refractivity contribution in [3.63, 3.8) is 0 Å². The summed E-state index contributed by atoms with van der Waals surface area (Å²) in [6, 6.07) is 11.0. The van der Waals surface area contributed by atoms with E-state index in [4.69, 9.17) is 0 Å². The van der Waals surface area contributed by atoms with Crippen LogP contribution in [-0.4, -0.2) is 23.4 Å². The molecule has 1 amide bonds. The molecular weight excluding hydrogens is 529 g/mol. The molecule has 5 rings (SSSR count). The average Bonchev–Trinajstić information content (AvgIpc) is 3.39. The Morgan fingerprint density at radius 3 is 2.64 bits per heavy atom. The van der Waals surface area contributed by atoms with E-state index in [0.717, 1.165) is 41.8 Å². The molecule has 3 aliphatic rings. The van der Waals surface area contributed by atoms with E-state index in [1.807, 2.05) is 4.90 Å². The molecule has 0 bridgehead atoms. The van der Waals surface area contributed by atoms with E-state index in [0.29, 0.717) is 24.4 Å². The molecule has 194 valence electrons. The summed E-state index contributed by atoms with van der Waals surface area (Å²) in [5, 5.41) is 3.88. The van der Waals surface area contributed by atoms with Gasteiger partial charge < -0.3 is 10.2 Å². The molecule has 2 aliphatic carbocycles.